The Morgan fingerprint density at radius 2 is 2.00 bits per heavy atom. The van der Waals surface area contributed by atoms with Crippen molar-refractivity contribution in [1.29, 1.82) is 0 Å². The SMILES string of the molecule is FC(F)(F)c1ccnc(-c2ncon2)c1. The number of hydrogen-bond acceptors (Lipinski definition) is 4. The van der Waals surface area contributed by atoms with Gasteiger partial charge in [-0.05, 0) is 12.1 Å². The second-order valence-corrected chi connectivity index (χ2v) is 2.68. The Morgan fingerprint density at radius 1 is 1.20 bits per heavy atom. The molecule has 15 heavy (non-hydrogen) atoms. The summed E-state index contributed by atoms with van der Waals surface area (Å²) in [5, 5.41) is 3.39. The molecular formula is C8H4F3N3O. The van der Waals surface area contributed by atoms with Crippen LogP contribution in [0.2, 0.25) is 0 Å². The number of aromatic nitrogens is 3. The lowest BCUT2D eigenvalue weighted by Crippen LogP contribution is -2.05. The zero-order valence-corrected chi connectivity index (χ0v) is 7.19. The van der Waals surface area contributed by atoms with Gasteiger partial charge in [-0.25, -0.2) is 0 Å². The molecule has 2 aromatic rings. The first-order valence-electron chi connectivity index (χ1n) is 3.87. The van der Waals surface area contributed by atoms with Crippen molar-refractivity contribution in [3.05, 3.63) is 30.3 Å². The molecule has 0 atom stereocenters. The van der Waals surface area contributed by atoms with E-state index in [0.717, 1.165) is 24.7 Å². The third kappa shape index (κ3) is 1.95. The molecule has 2 aromatic heterocycles. The van der Waals surface area contributed by atoms with E-state index in [-0.39, 0.29) is 11.5 Å². The average molecular weight is 215 g/mol. The fourth-order valence-corrected chi connectivity index (χ4v) is 1.01. The van der Waals surface area contributed by atoms with Crippen molar-refractivity contribution >= 4 is 0 Å². The normalized spacial score (nSPS) is 11.7. The zero-order chi connectivity index (χ0) is 10.9. The van der Waals surface area contributed by atoms with Crippen LogP contribution in [0.4, 0.5) is 13.2 Å². The predicted molar refractivity (Wildman–Crippen MR) is 42.5 cm³/mol. The Labute approximate surface area is 81.8 Å². The van der Waals surface area contributed by atoms with E-state index >= 15 is 0 Å². The maximum Gasteiger partial charge on any atom is 0.416 e. The van der Waals surface area contributed by atoms with E-state index in [0.29, 0.717) is 0 Å². The fourth-order valence-electron chi connectivity index (χ4n) is 1.01. The smallest absolute Gasteiger partial charge is 0.342 e. The van der Waals surface area contributed by atoms with Crippen molar-refractivity contribution in [3.8, 4) is 11.5 Å². The van der Waals surface area contributed by atoms with Crippen molar-refractivity contribution < 1.29 is 17.7 Å². The van der Waals surface area contributed by atoms with Crippen LogP contribution in [0, 0.1) is 0 Å². The fraction of sp³-hybridized carbons (Fsp3) is 0.125. The Bertz CT molecular complexity index is 452. The van der Waals surface area contributed by atoms with E-state index in [1.54, 1.807) is 0 Å². The standard InChI is InChI=1S/C8H4F3N3O/c9-8(10,11)5-1-2-12-6(3-5)7-13-4-15-14-7/h1-4H. The van der Waals surface area contributed by atoms with E-state index < -0.39 is 11.7 Å². The predicted octanol–water partition coefficient (Wildman–Crippen LogP) is 2.15. The molecule has 7 heteroatoms. The van der Waals surface area contributed by atoms with Gasteiger partial charge in [-0.1, -0.05) is 5.16 Å². The van der Waals surface area contributed by atoms with Gasteiger partial charge in [-0.2, -0.15) is 18.2 Å². The van der Waals surface area contributed by atoms with Gasteiger partial charge in [0.15, 0.2) is 0 Å². The van der Waals surface area contributed by atoms with Crippen molar-refractivity contribution in [1.82, 2.24) is 15.1 Å². The summed E-state index contributed by atoms with van der Waals surface area (Å²) in [6.45, 7) is 0. The number of halogens is 3. The van der Waals surface area contributed by atoms with Crippen LogP contribution in [-0.2, 0) is 6.18 Å². The van der Waals surface area contributed by atoms with E-state index in [9.17, 15) is 13.2 Å². The van der Waals surface area contributed by atoms with Crippen LogP contribution in [0.15, 0.2) is 29.2 Å². The Balaban J connectivity index is 2.44. The summed E-state index contributed by atoms with van der Waals surface area (Å²) in [6, 6.07) is 1.74. The Hall–Kier alpha value is -1.92. The average Bonchev–Trinajstić information content (AvgIpc) is 2.69. The molecule has 2 heterocycles. The number of alkyl halides is 3. The second kappa shape index (κ2) is 3.34. The molecule has 0 aliphatic carbocycles. The molecule has 0 amide bonds. The molecule has 0 unspecified atom stereocenters. The number of hydrogen-bond donors (Lipinski definition) is 0. The lowest BCUT2D eigenvalue weighted by Gasteiger charge is -2.05. The third-order valence-electron chi connectivity index (χ3n) is 1.68. The first kappa shape index (κ1) is 9.63. The zero-order valence-electron chi connectivity index (χ0n) is 7.19. The first-order valence-corrected chi connectivity index (χ1v) is 3.87. The molecular weight excluding hydrogens is 211 g/mol. The quantitative estimate of drug-likeness (QED) is 0.731. The van der Waals surface area contributed by atoms with Gasteiger partial charge in [0.1, 0.15) is 5.69 Å². The maximum atomic E-state index is 12.3. The van der Waals surface area contributed by atoms with Crippen molar-refractivity contribution in [2.45, 2.75) is 6.18 Å². The minimum atomic E-state index is -4.40. The largest absolute Gasteiger partial charge is 0.416 e. The highest BCUT2D eigenvalue weighted by atomic mass is 19.4. The number of nitrogens with zero attached hydrogens (tertiary/aromatic N) is 3. The van der Waals surface area contributed by atoms with Crippen molar-refractivity contribution in [3.63, 3.8) is 0 Å². The number of rotatable bonds is 1. The van der Waals surface area contributed by atoms with Gasteiger partial charge in [0.05, 0.1) is 5.56 Å². The monoisotopic (exact) mass is 215 g/mol. The lowest BCUT2D eigenvalue weighted by atomic mass is 10.2. The summed E-state index contributed by atoms with van der Waals surface area (Å²) >= 11 is 0. The molecule has 4 nitrogen and oxygen atoms in total. The summed E-state index contributed by atoms with van der Waals surface area (Å²) in [4.78, 5) is 7.31. The van der Waals surface area contributed by atoms with Gasteiger partial charge >= 0.3 is 6.18 Å². The highest BCUT2D eigenvalue weighted by Crippen LogP contribution is 2.30. The Morgan fingerprint density at radius 3 is 2.60 bits per heavy atom. The minimum absolute atomic E-state index is 0.0265. The summed E-state index contributed by atoms with van der Waals surface area (Å²) in [7, 11) is 0. The Kier molecular flexibility index (Phi) is 2.14. The second-order valence-electron chi connectivity index (χ2n) is 2.68. The summed E-state index contributed by atoms with van der Waals surface area (Å²) in [6.07, 6.45) is -2.33. The van der Waals surface area contributed by atoms with Crippen LogP contribution in [0.1, 0.15) is 5.56 Å². The molecule has 0 saturated heterocycles. The molecule has 0 aliphatic heterocycles. The van der Waals surface area contributed by atoms with Crippen molar-refractivity contribution in [2.75, 3.05) is 0 Å². The molecule has 78 valence electrons. The molecule has 0 spiro atoms. The van der Waals surface area contributed by atoms with Gasteiger partial charge in [0.25, 0.3) is 0 Å². The molecule has 0 aliphatic rings. The van der Waals surface area contributed by atoms with Crippen LogP contribution in [0.3, 0.4) is 0 Å². The van der Waals surface area contributed by atoms with E-state index in [1.165, 1.54) is 0 Å². The van der Waals surface area contributed by atoms with Gasteiger partial charge in [0.2, 0.25) is 12.2 Å². The van der Waals surface area contributed by atoms with Crippen LogP contribution < -0.4 is 0 Å². The third-order valence-corrected chi connectivity index (χ3v) is 1.68. The summed E-state index contributed by atoms with van der Waals surface area (Å²) < 4.78 is 41.4. The molecule has 0 bridgehead atoms. The van der Waals surface area contributed by atoms with Crippen LogP contribution in [0.25, 0.3) is 11.5 Å². The highest BCUT2D eigenvalue weighted by Gasteiger charge is 2.31. The molecule has 0 aromatic carbocycles. The summed E-state index contributed by atoms with van der Waals surface area (Å²) in [5.74, 6) is 0.0288. The van der Waals surface area contributed by atoms with Crippen molar-refractivity contribution in [2.24, 2.45) is 0 Å². The van der Waals surface area contributed by atoms with Gasteiger partial charge < -0.3 is 4.52 Å². The molecule has 0 saturated carbocycles. The molecule has 2 rings (SSSR count). The van der Waals surface area contributed by atoms with Crippen LogP contribution >= 0.6 is 0 Å². The maximum absolute atomic E-state index is 12.3. The van der Waals surface area contributed by atoms with Crippen LogP contribution in [0.5, 0.6) is 0 Å². The van der Waals surface area contributed by atoms with Gasteiger partial charge in [-0.15, -0.1) is 0 Å². The molecule has 0 fully saturated rings. The topological polar surface area (TPSA) is 51.8 Å². The van der Waals surface area contributed by atoms with E-state index in [1.807, 2.05) is 0 Å². The lowest BCUT2D eigenvalue weighted by molar-refractivity contribution is -0.137. The summed E-state index contributed by atoms with van der Waals surface area (Å²) in [5.41, 5.74) is -0.768. The minimum Gasteiger partial charge on any atom is -0.342 e. The van der Waals surface area contributed by atoms with E-state index in [2.05, 4.69) is 19.6 Å². The number of pyridine rings is 1. The highest BCUT2D eigenvalue weighted by molar-refractivity contribution is 5.49. The molecule has 0 radical (unpaired) electrons. The molecule has 0 N–H and O–H groups in total. The van der Waals surface area contributed by atoms with Gasteiger partial charge in [-0.3, -0.25) is 4.98 Å². The van der Waals surface area contributed by atoms with E-state index in [4.69, 9.17) is 0 Å². The van der Waals surface area contributed by atoms with Gasteiger partial charge in [0, 0.05) is 6.20 Å². The van der Waals surface area contributed by atoms with Crippen LogP contribution in [-0.4, -0.2) is 15.1 Å². The first-order chi connectivity index (χ1) is 7.07.